The number of amides is 2. The summed E-state index contributed by atoms with van der Waals surface area (Å²) in [6, 6.07) is 0. The van der Waals surface area contributed by atoms with Gasteiger partial charge in [0.2, 0.25) is 0 Å². The number of rotatable bonds is 9. The Balaban J connectivity index is 2.82. The van der Waals surface area contributed by atoms with Crippen LogP contribution >= 0.6 is 12.0 Å². The fourth-order valence-electron chi connectivity index (χ4n) is 3.47. The number of carbonyl (C=O) groups excluding carboxylic acids is 2. The third kappa shape index (κ3) is 5.54. The molecule has 2 heterocycles. The van der Waals surface area contributed by atoms with Crippen molar-refractivity contribution in [3.63, 3.8) is 0 Å². The molecule has 0 saturated heterocycles. The zero-order valence-corrected chi connectivity index (χ0v) is 19.9. The lowest BCUT2D eigenvalue weighted by atomic mass is 9.92. The summed E-state index contributed by atoms with van der Waals surface area (Å²) in [4.78, 5) is 39.5. The lowest BCUT2D eigenvalue weighted by molar-refractivity contribution is -0.432. The average Bonchev–Trinajstić information content (AvgIpc) is 2.73. The molecule has 3 N–H and O–H groups in total. The predicted molar refractivity (Wildman–Crippen MR) is 118 cm³/mol. The molecule has 1 aliphatic rings. The minimum absolute atomic E-state index is 0.00943. The summed E-state index contributed by atoms with van der Waals surface area (Å²) in [5.74, 6) is -2.95. The highest BCUT2D eigenvalue weighted by Gasteiger charge is 2.36. The third-order valence-electron chi connectivity index (χ3n) is 5.22. The molecule has 182 valence electrons. The van der Waals surface area contributed by atoms with E-state index in [4.69, 9.17) is 5.26 Å². The lowest BCUT2D eigenvalue weighted by Crippen LogP contribution is -2.44. The van der Waals surface area contributed by atoms with Crippen LogP contribution in [-0.2, 0) is 41.4 Å². The summed E-state index contributed by atoms with van der Waals surface area (Å²) >= 11 is 0.635. The first kappa shape index (κ1) is 26.8. The minimum atomic E-state index is -4.58. The minimum Gasteiger partial charge on any atom is -0.494 e. The Labute approximate surface area is 193 Å². The Hall–Kier alpha value is -2.49. The molecular formula is C19H24N2O10S2. The maximum absolute atomic E-state index is 13.0. The number of hydrogen-bond donors (Lipinski definition) is 3. The van der Waals surface area contributed by atoms with E-state index in [0.717, 1.165) is 9.47 Å². The monoisotopic (exact) mass is 504 g/mol. The Bertz CT molecular complexity index is 1200. The fraction of sp³-hybridized carbons (Fsp3) is 0.421. The van der Waals surface area contributed by atoms with Gasteiger partial charge in [-0.25, -0.2) is 5.26 Å². The van der Waals surface area contributed by atoms with E-state index in [9.17, 15) is 32.5 Å². The molecular weight excluding hydrogens is 480 g/mol. The molecule has 0 fully saturated rings. The van der Waals surface area contributed by atoms with Gasteiger partial charge in [0, 0.05) is 47.4 Å². The molecule has 14 heteroatoms. The van der Waals surface area contributed by atoms with Crippen LogP contribution in [0, 0.1) is 6.92 Å². The zero-order valence-electron chi connectivity index (χ0n) is 18.3. The summed E-state index contributed by atoms with van der Waals surface area (Å²) in [5, 5.41) is 22.4. The molecule has 1 aliphatic heterocycles. The summed E-state index contributed by atoms with van der Waals surface area (Å²) in [6.45, 7) is 6.05. The largest absolute Gasteiger partial charge is 0.494 e. The predicted octanol–water partition coefficient (Wildman–Crippen LogP) is 1.43. The Morgan fingerprint density at radius 1 is 1.09 bits per heavy atom. The van der Waals surface area contributed by atoms with Crippen LogP contribution in [0.15, 0.2) is 21.5 Å². The molecule has 0 bridgehead atoms. The molecule has 0 spiro atoms. The van der Waals surface area contributed by atoms with Gasteiger partial charge in [0.25, 0.3) is 27.5 Å². The van der Waals surface area contributed by atoms with Gasteiger partial charge in [-0.2, -0.15) is 8.42 Å². The zero-order chi connectivity index (χ0) is 25.1. The van der Waals surface area contributed by atoms with Crippen molar-refractivity contribution in [1.29, 1.82) is 0 Å². The summed E-state index contributed by atoms with van der Waals surface area (Å²) < 4.78 is 37.6. The maximum atomic E-state index is 13.0. The highest BCUT2D eigenvalue weighted by atomic mass is 32.2. The second-order valence-electron chi connectivity index (χ2n) is 7.04. The normalized spacial score (nSPS) is 16.3. The standard InChI is InChI=1S/C19H24N2O10S2/c1-5-20-16(22)12(10(3)14(18(20)24)8-32-31-30-26)7-13-11(4)15(9-33(27,28)29)19(25)21(6-2)17(13)23/h7,24,26H,5-6,8-9H2,1-4H3,(H,27,28,29). The van der Waals surface area contributed by atoms with E-state index in [-0.39, 0.29) is 52.6 Å². The molecule has 0 aromatic carbocycles. The third-order valence-corrected chi connectivity index (χ3v) is 6.44. The first-order valence-electron chi connectivity index (χ1n) is 9.67. The molecule has 0 unspecified atom stereocenters. The van der Waals surface area contributed by atoms with Crippen LogP contribution in [0.4, 0.5) is 0 Å². The summed E-state index contributed by atoms with van der Waals surface area (Å²) in [5.41, 5.74) is -0.425. The molecule has 33 heavy (non-hydrogen) atoms. The Morgan fingerprint density at radius 3 is 2.24 bits per heavy atom. The smallest absolute Gasteiger partial charge is 0.269 e. The number of carbonyl (C=O) groups is 2. The summed E-state index contributed by atoms with van der Waals surface area (Å²) in [7, 11) is -4.58. The number of aromatic hydroxyl groups is 1. The topological polar surface area (TPSA) is 173 Å². The van der Waals surface area contributed by atoms with Gasteiger partial charge < -0.3 is 5.11 Å². The molecule has 0 aliphatic carbocycles. The van der Waals surface area contributed by atoms with E-state index in [1.54, 1.807) is 6.92 Å². The number of likely N-dealkylation sites (N-methyl/N-ethyl adjacent to an activating group) is 1. The van der Waals surface area contributed by atoms with Crippen LogP contribution in [0.1, 0.15) is 37.5 Å². The Morgan fingerprint density at radius 2 is 1.73 bits per heavy atom. The fourth-order valence-corrected chi connectivity index (χ4v) is 4.73. The van der Waals surface area contributed by atoms with E-state index in [2.05, 4.69) is 9.37 Å². The van der Waals surface area contributed by atoms with Gasteiger partial charge in [0.05, 0.1) is 5.75 Å². The average molecular weight is 505 g/mol. The number of pyridine rings is 1. The van der Waals surface area contributed by atoms with Gasteiger partial charge in [-0.05, 0) is 44.9 Å². The van der Waals surface area contributed by atoms with Gasteiger partial charge in [-0.15, -0.1) is 4.33 Å². The van der Waals surface area contributed by atoms with Crippen LogP contribution in [0.3, 0.4) is 0 Å². The molecule has 0 saturated carbocycles. The van der Waals surface area contributed by atoms with Crippen LogP contribution < -0.4 is 5.56 Å². The van der Waals surface area contributed by atoms with Gasteiger partial charge in [0.1, 0.15) is 5.75 Å². The van der Waals surface area contributed by atoms with E-state index in [0.29, 0.717) is 17.6 Å². The van der Waals surface area contributed by atoms with Gasteiger partial charge in [-0.3, -0.25) is 28.4 Å². The van der Waals surface area contributed by atoms with E-state index < -0.39 is 33.2 Å². The molecule has 1 aromatic heterocycles. The van der Waals surface area contributed by atoms with Gasteiger partial charge in [0.15, 0.2) is 5.88 Å². The second-order valence-corrected chi connectivity index (χ2v) is 9.15. The number of aromatic nitrogens is 1. The molecule has 0 atom stereocenters. The highest BCUT2D eigenvalue weighted by Crippen LogP contribution is 2.31. The van der Waals surface area contributed by atoms with Gasteiger partial charge in [-0.1, -0.05) is 5.04 Å². The van der Waals surface area contributed by atoms with Crippen LogP contribution in [0.2, 0.25) is 0 Å². The first-order chi connectivity index (χ1) is 15.4. The number of hydrogen-bond acceptors (Lipinski definition) is 10. The number of imide groups is 1. The van der Waals surface area contributed by atoms with E-state index >= 15 is 0 Å². The number of nitrogens with zero attached hydrogens (tertiary/aromatic N) is 2. The molecule has 2 amide bonds. The maximum Gasteiger partial charge on any atom is 0.269 e. The first-order valence-corrected chi connectivity index (χ1v) is 12.2. The Kier molecular flexibility index (Phi) is 8.62. The van der Waals surface area contributed by atoms with Crippen molar-refractivity contribution >= 4 is 40.1 Å². The molecule has 2 rings (SSSR count). The quantitative estimate of drug-likeness (QED) is 0.0844. The van der Waals surface area contributed by atoms with E-state index in [1.807, 2.05) is 0 Å². The van der Waals surface area contributed by atoms with Crippen LogP contribution in [0.25, 0.3) is 6.08 Å². The molecule has 1 aromatic rings. The lowest BCUT2D eigenvalue weighted by Gasteiger charge is -2.28. The van der Waals surface area contributed by atoms with Gasteiger partial charge >= 0.3 is 0 Å². The second kappa shape index (κ2) is 10.6. The highest BCUT2D eigenvalue weighted by molar-refractivity contribution is 7.93. The van der Waals surface area contributed by atoms with Crippen molar-refractivity contribution in [3.8, 4) is 5.88 Å². The van der Waals surface area contributed by atoms with Crippen molar-refractivity contribution < 1.29 is 42.3 Å². The SMILES string of the molecule is CCN1C(=O)C(=Cc2c(C)c(CSOOO)c(O)n(CC)c2=O)C(C)=C(CS(=O)(=O)O)C1=O. The van der Waals surface area contributed by atoms with Crippen molar-refractivity contribution in [2.24, 2.45) is 0 Å². The summed E-state index contributed by atoms with van der Waals surface area (Å²) in [6.07, 6.45) is 1.23. The van der Waals surface area contributed by atoms with Crippen LogP contribution in [0.5, 0.6) is 5.88 Å². The van der Waals surface area contributed by atoms with Crippen molar-refractivity contribution in [2.45, 2.75) is 40.0 Å². The van der Waals surface area contributed by atoms with Crippen LogP contribution in [-0.4, -0.2) is 56.9 Å². The van der Waals surface area contributed by atoms with Crippen molar-refractivity contribution in [1.82, 2.24) is 9.47 Å². The van der Waals surface area contributed by atoms with Crippen molar-refractivity contribution in [2.75, 3.05) is 12.3 Å². The van der Waals surface area contributed by atoms with E-state index in [1.165, 1.54) is 26.8 Å². The molecule has 0 radical (unpaired) electrons. The molecule has 12 nitrogen and oxygen atoms in total. The van der Waals surface area contributed by atoms with Crippen molar-refractivity contribution in [3.05, 3.63) is 43.8 Å².